The quantitative estimate of drug-likeness (QED) is 0.700. The maximum atomic E-state index is 11.4. The fraction of sp³-hybridized carbons (Fsp3) is 0.167. The number of carbonyl (C=O) groups is 2. The molecule has 0 aromatic heterocycles. The van der Waals surface area contributed by atoms with Crippen LogP contribution >= 0.6 is 0 Å². The molecular formula is C12H14N2O3. The van der Waals surface area contributed by atoms with Crippen LogP contribution in [-0.2, 0) is 4.79 Å². The predicted molar refractivity (Wildman–Crippen MR) is 64.8 cm³/mol. The zero-order valence-electron chi connectivity index (χ0n) is 9.65. The molecule has 0 atom stereocenters. The van der Waals surface area contributed by atoms with Gasteiger partial charge in [0.2, 0.25) is 0 Å². The summed E-state index contributed by atoms with van der Waals surface area (Å²) in [5, 5.41) is 13.3. The number of benzene rings is 1. The molecule has 1 rings (SSSR count). The van der Waals surface area contributed by atoms with Gasteiger partial charge in [0.05, 0.1) is 0 Å². The van der Waals surface area contributed by atoms with Crippen LogP contribution in [0.15, 0.2) is 30.5 Å². The number of urea groups is 1. The zero-order chi connectivity index (χ0) is 12.8. The average Bonchev–Trinajstić information content (AvgIpc) is 2.23. The second kappa shape index (κ2) is 5.69. The van der Waals surface area contributed by atoms with E-state index in [2.05, 4.69) is 10.6 Å². The summed E-state index contributed by atoms with van der Waals surface area (Å²) in [5.74, 6) is -1.11. The molecular weight excluding hydrogens is 220 g/mol. The van der Waals surface area contributed by atoms with Crippen LogP contribution in [-0.4, -0.2) is 17.1 Å². The molecule has 0 saturated carbocycles. The molecule has 3 N–H and O–H groups in total. The van der Waals surface area contributed by atoms with Gasteiger partial charge in [-0.15, -0.1) is 0 Å². The van der Waals surface area contributed by atoms with Crippen molar-refractivity contribution in [1.82, 2.24) is 5.32 Å². The number of nitrogens with one attached hydrogen (secondary N) is 2. The number of hydrogen-bond donors (Lipinski definition) is 3. The normalized spacial score (nSPS) is 10.2. The van der Waals surface area contributed by atoms with Crippen LogP contribution in [0.25, 0.3) is 0 Å². The summed E-state index contributed by atoms with van der Waals surface area (Å²) in [6.45, 7) is 3.80. The Balaban J connectivity index is 2.62. The predicted octanol–water partition coefficient (Wildman–Crippen LogP) is 2.02. The van der Waals surface area contributed by atoms with Gasteiger partial charge in [-0.1, -0.05) is 12.1 Å². The zero-order valence-corrected chi connectivity index (χ0v) is 9.65. The highest BCUT2D eigenvalue weighted by atomic mass is 16.4. The van der Waals surface area contributed by atoms with Crippen molar-refractivity contribution in [3.63, 3.8) is 0 Å². The van der Waals surface area contributed by atoms with Crippen molar-refractivity contribution in [2.75, 3.05) is 5.32 Å². The third-order valence-electron chi connectivity index (χ3n) is 2.08. The molecule has 2 amide bonds. The minimum absolute atomic E-state index is 0.476. The molecule has 1 aromatic rings. The van der Waals surface area contributed by atoms with Crippen LogP contribution in [0.3, 0.4) is 0 Å². The Labute approximate surface area is 99.1 Å². The fourth-order valence-corrected chi connectivity index (χ4v) is 1.22. The van der Waals surface area contributed by atoms with Crippen LogP contribution < -0.4 is 10.6 Å². The van der Waals surface area contributed by atoms with Crippen LogP contribution in [0.2, 0.25) is 0 Å². The highest BCUT2D eigenvalue weighted by Crippen LogP contribution is 2.15. The first-order chi connectivity index (χ1) is 7.99. The molecule has 0 unspecified atom stereocenters. The van der Waals surface area contributed by atoms with Crippen LogP contribution in [0.4, 0.5) is 10.5 Å². The molecule has 0 spiro atoms. The molecule has 0 aliphatic rings. The van der Waals surface area contributed by atoms with Gasteiger partial charge in [-0.2, -0.15) is 0 Å². The Kier molecular flexibility index (Phi) is 4.28. The van der Waals surface area contributed by atoms with Gasteiger partial charge in [0.15, 0.2) is 0 Å². The lowest BCUT2D eigenvalue weighted by Gasteiger charge is -2.08. The van der Waals surface area contributed by atoms with E-state index in [-0.39, 0.29) is 0 Å². The maximum Gasteiger partial charge on any atom is 0.329 e. The molecule has 5 heteroatoms. The summed E-state index contributed by atoms with van der Waals surface area (Å²) >= 11 is 0. The number of anilines is 1. The second-order valence-electron chi connectivity index (χ2n) is 3.59. The van der Waals surface area contributed by atoms with Gasteiger partial charge in [0.1, 0.15) is 0 Å². The Hall–Kier alpha value is -2.30. The standard InChI is InChI=1S/C12H14N2O3/c1-8-3-4-9(2)10(7-8)14-12(17)13-6-5-11(15)16/h3-7H,1-2H3,(H,15,16)(H2,13,14,17)/b6-5+. The number of aliphatic carboxylic acids is 1. The van der Waals surface area contributed by atoms with Gasteiger partial charge < -0.3 is 15.7 Å². The van der Waals surface area contributed by atoms with E-state index in [0.717, 1.165) is 23.4 Å². The van der Waals surface area contributed by atoms with Crippen LogP contribution in [0.1, 0.15) is 11.1 Å². The third kappa shape index (κ3) is 4.38. The lowest BCUT2D eigenvalue weighted by Crippen LogP contribution is -2.24. The van der Waals surface area contributed by atoms with Crippen LogP contribution in [0, 0.1) is 13.8 Å². The van der Waals surface area contributed by atoms with Crippen molar-refractivity contribution in [2.45, 2.75) is 13.8 Å². The first-order valence-electron chi connectivity index (χ1n) is 5.03. The van der Waals surface area contributed by atoms with Crippen LogP contribution in [0.5, 0.6) is 0 Å². The number of carboxylic acids is 1. The minimum atomic E-state index is -1.11. The SMILES string of the molecule is Cc1ccc(C)c(NC(=O)N/C=C/C(=O)O)c1. The summed E-state index contributed by atoms with van der Waals surface area (Å²) in [5.41, 5.74) is 2.67. The van der Waals surface area contributed by atoms with Crippen molar-refractivity contribution in [2.24, 2.45) is 0 Å². The average molecular weight is 234 g/mol. The van der Waals surface area contributed by atoms with Gasteiger partial charge in [0.25, 0.3) is 0 Å². The molecule has 0 radical (unpaired) electrons. The molecule has 0 aliphatic carbocycles. The van der Waals surface area contributed by atoms with E-state index in [1.54, 1.807) is 0 Å². The van der Waals surface area contributed by atoms with E-state index in [9.17, 15) is 9.59 Å². The summed E-state index contributed by atoms with van der Waals surface area (Å²) < 4.78 is 0. The van der Waals surface area contributed by atoms with E-state index in [0.29, 0.717) is 5.69 Å². The summed E-state index contributed by atoms with van der Waals surface area (Å²) in [6, 6.07) is 5.22. The number of amides is 2. The van der Waals surface area contributed by atoms with Crippen molar-refractivity contribution in [3.05, 3.63) is 41.6 Å². The van der Waals surface area contributed by atoms with Crippen molar-refractivity contribution in [1.29, 1.82) is 0 Å². The lowest BCUT2D eigenvalue weighted by atomic mass is 10.1. The Morgan fingerprint density at radius 2 is 2.00 bits per heavy atom. The lowest BCUT2D eigenvalue weighted by molar-refractivity contribution is -0.131. The monoisotopic (exact) mass is 234 g/mol. The van der Waals surface area contributed by atoms with E-state index in [1.165, 1.54) is 0 Å². The molecule has 17 heavy (non-hydrogen) atoms. The molecule has 90 valence electrons. The minimum Gasteiger partial charge on any atom is -0.478 e. The van der Waals surface area contributed by atoms with E-state index in [4.69, 9.17) is 5.11 Å². The number of carboxylic acid groups (broad SMARTS) is 1. The highest BCUT2D eigenvalue weighted by molar-refractivity contribution is 5.91. The van der Waals surface area contributed by atoms with E-state index in [1.807, 2.05) is 32.0 Å². The Morgan fingerprint density at radius 1 is 1.29 bits per heavy atom. The van der Waals surface area contributed by atoms with E-state index >= 15 is 0 Å². The van der Waals surface area contributed by atoms with Gasteiger partial charge in [-0.3, -0.25) is 0 Å². The molecule has 0 heterocycles. The largest absolute Gasteiger partial charge is 0.478 e. The summed E-state index contributed by atoms with van der Waals surface area (Å²) in [4.78, 5) is 21.6. The Bertz CT molecular complexity index is 467. The topological polar surface area (TPSA) is 78.4 Å². The van der Waals surface area contributed by atoms with Crippen molar-refractivity contribution >= 4 is 17.7 Å². The number of aryl methyl sites for hydroxylation is 2. The van der Waals surface area contributed by atoms with Gasteiger partial charge in [-0.25, -0.2) is 9.59 Å². The van der Waals surface area contributed by atoms with Crippen molar-refractivity contribution < 1.29 is 14.7 Å². The number of rotatable bonds is 3. The fourth-order valence-electron chi connectivity index (χ4n) is 1.22. The molecule has 5 nitrogen and oxygen atoms in total. The Morgan fingerprint density at radius 3 is 2.65 bits per heavy atom. The smallest absolute Gasteiger partial charge is 0.329 e. The summed E-state index contributed by atoms with van der Waals surface area (Å²) in [6.07, 6.45) is 1.92. The number of hydrogen-bond acceptors (Lipinski definition) is 2. The first-order valence-corrected chi connectivity index (χ1v) is 5.03. The molecule has 0 aliphatic heterocycles. The third-order valence-corrected chi connectivity index (χ3v) is 2.08. The van der Waals surface area contributed by atoms with Crippen molar-refractivity contribution in [3.8, 4) is 0 Å². The van der Waals surface area contributed by atoms with Gasteiger partial charge in [0, 0.05) is 18.0 Å². The maximum absolute atomic E-state index is 11.4. The highest BCUT2D eigenvalue weighted by Gasteiger charge is 2.02. The summed E-state index contributed by atoms with van der Waals surface area (Å²) in [7, 11) is 0. The first kappa shape index (κ1) is 12.8. The number of carbonyl (C=O) groups excluding carboxylic acids is 1. The molecule has 0 saturated heterocycles. The molecule has 1 aromatic carbocycles. The molecule has 0 bridgehead atoms. The second-order valence-corrected chi connectivity index (χ2v) is 3.59. The molecule has 0 fully saturated rings. The van der Waals surface area contributed by atoms with Gasteiger partial charge >= 0.3 is 12.0 Å². The van der Waals surface area contributed by atoms with Gasteiger partial charge in [-0.05, 0) is 31.0 Å². The van der Waals surface area contributed by atoms with E-state index < -0.39 is 12.0 Å².